The Kier molecular flexibility index (Phi) is 3.70. The maximum atomic E-state index is 10.2. The Labute approximate surface area is 138 Å². The lowest BCUT2D eigenvalue weighted by Crippen LogP contribution is -2.19. The molecule has 0 bridgehead atoms. The summed E-state index contributed by atoms with van der Waals surface area (Å²) in [6, 6.07) is 4.49. The van der Waals surface area contributed by atoms with Gasteiger partial charge in [0.25, 0.3) is 0 Å². The quantitative estimate of drug-likeness (QED) is 0.682. The third kappa shape index (κ3) is 2.63. The van der Waals surface area contributed by atoms with E-state index in [0.717, 1.165) is 25.3 Å². The first-order valence-corrected chi connectivity index (χ1v) is 7.92. The van der Waals surface area contributed by atoms with Gasteiger partial charge >= 0.3 is 0 Å². The van der Waals surface area contributed by atoms with Gasteiger partial charge in [0.2, 0.25) is 0 Å². The molecule has 0 radical (unpaired) electrons. The number of hydrogen-bond acceptors (Lipinski definition) is 6. The Hall–Kier alpha value is -2.80. The molecule has 0 saturated carbocycles. The second-order valence-corrected chi connectivity index (χ2v) is 5.83. The van der Waals surface area contributed by atoms with Gasteiger partial charge in [0, 0.05) is 37.2 Å². The summed E-state index contributed by atoms with van der Waals surface area (Å²) in [5, 5.41) is 23.1. The van der Waals surface area contributed by atoms with Crippen molar-refractivity contribution in [1.82, 2.24) is 14.4 Å². The Morgan fingerprint density at radius 3 is 3.04 bits per heavy atom. The molecular weight excluding hydrogens is 308 g/mol. The summed E-state index contributed by atoms with van der Waals surface area (Å²) in [6.45, 7) is 1.47. The van der Waals surface area contributed by atoms with Gasteiger partial charge in [-0.3, -0.25) is 9.38 Å². The van der Waals surface area contributed by atoms with E-state index in [0.29, 0.717) is 23.4 Å². The van der Waals surface area contributed by atoms with Gasteiger partial charge < -0.3 is 20.3 Å². The predicted molar refractivity (Wildman–Crippen MR) is 89.2 cm³/mol. The van der Waals surface area contributed by atoms with E-state index < -0.39 is 0 Å². The SMILES string of the molecule is Oc1ccc(-c2nc3cnccn3c2NCC2CCCO2)c(O)c1. The standard InChI is InChI=1S/C17H18N4O3/c22-11-3-4-13(14(23)8-11)16-17(19-9-12-2-1-7-24-12)21-6-5-18-10-15(21)20-16/h3-6,8,10,12,19,22-23H,1-2,7,9H2. The fraction of sp³-hybridized carbons (Fsp3) is 0.294. The number of nitrogens with zero attached hydrogens (tertiary/aromatic N) is 3. The van der Waals surface area contributed by atoms with Crippen molar-refractivity contribution in [1.29, 1.82) is 0 Å². The summed E-state index contributed by atoms with van der Waals surface area (Å²) in [6.07, 6.45) is 7.46. The molecule has 1 aliphatic heterocycles. The molecule has 0 spiro atoms. The molecule has 3 aromatic rings. The molecule has 1 saturated heterocycles. The van der Waals surface area contributed by atoms with Crippen molar-refractivity contribution in [2.75, 3.05) is 18.5 Å². The molecule has 24 heavy (non-hydrogen) atoms. The van der Waals surface area contributed by atoms with Crippen molar-refractivity contribution in [2.24, 2.45) is 0 Å². The highest BCUT2D eigenvalue weighted by Crippen LogP contribution is 2.36. The molecule has 0 amide bonds. The van der Waals surface area contributed by atoms with Crippen LogP contribution in [0.4, 0.5) is 5.82 Å². The van der Waals surface area contributed by atoms with Crippen LogP contribution in [0.1, 0.15) is 12.8 Å². The first-order valence-electron chi connectivity index (χ1n) is 7.92. The molecule has 1 fully saturated rings. The van der Waals surface area contributed by atoms with E-state index in [1.165, 1.54) is 12.1 Å². The Morgan fingerprint density at radius 2 is 2.25 bits per heavy atom. The largest absolute Gasteiger partial charge is 0.508 e. The van der Waals surface area contributed by atoms with E-state index in [9.17, 15) is 10.2 Å². The van der Waals surface area contributed by atoms with Crippen molar-refractivity contribution < 1.29 is 14.9 Å². The minimum Gasteiger partial charge on any atom is -0.508 e. The van der Waals surface area contributed by atoms with Crippen molar-refractivity contribution in [2.45, 2.75) is 18.9 Å². The summed E-state index contributed by atoms with van der Waals surface area (Å²) in [5.74, 6) is 0.756. The molecule has 124 valence electrons. The number of rotatable bonds is 4. The van der Waals surface area contributed by atoms with Crippen LogP contribution >= 0.6 is 0 Å². The Morgan fingerprint density at radius 1 is 1.33 bits per heavy atom. The van der Waals surface area contributed by atoms with Crippen LogP contribution in [-0.2, 0) is 4.74 Å². The number of hydrogen-bond donors (Lipinski definition) is 3. The van der Waals surface area contributed by atoms with Gasteiger partial charge in [-0.15, -0.1) is 0 Å². The maximum absolute atomic E-state index is 10.2. The van der Waals surface area contributed by atoms with Gasteiger partial charge in [-0.1, -0.05) is 0 Å². The number of nitrogens with one attached hydrogen (secondary N) is 1. The number of benzene rings is 1. The lowest BCUT2D eigenvalue weighted by atomic mass is 10.1. The van der Waals surface area contributed by atoms with Crippen LogP contribution < -0.4 is 5.32 Å². The number of aromatic hydroxyl groups is 2. The van der Waals surface area contributed by atoms with Crippen molar-refractivity contribution in [3.63, 3.8) is 0 Å². The van der Waals surface area contributed by atoms with E-state index in [4.69, 9.17) is 4.74 Å². The Balaban J connectivity index is 1.77. The molecule has 7 heteroatoms. The highest BCUT2D eigenvalue weighted by Gasteiger charge is 2.20. The van der Waals surface area contributed by atoms with E-state index >= 15 is 0 Å². The van der Waals surface area contributed by atoms with Crippen molar-refractivity contribution in [3.8, 4) is 22.8 Å². The zero-order valence-corrected chi connectivity index (χ0v) is 13.0. The monoisotopic (exact) mass is 326 g/mol. The zero-order valence-electron chi connectivity index (χ0n) is 13.0. The van der Waals surface area contributed by atoms with Crippen molar-refractivity contribution >= 4 is 11.5 Å². The van der Waals surface area contributed by atoms with Gasteiger partial charge in [-0.2, -0.15) is 0 Å². The number of anilines is 1. The lowest BCUT2D eigenvalue weighted by Gasteiger charge is -2.13. The van der Waals surface area contributed by atoms with Crippen LogP contribution in [0.5, 0.6) is 11.5 Å². The fourth-order valence-electron chi connectivity index (χ4n) is 3.00. The molecule has 0 aliphatic carbocycles. The summed E-state index contributed by atoms with van der Waals surface area (Å²) >= 11 is 0. The van der Waals surface area contributed by atoms with Gasteiger partial charge in [-0.05, 0) is 25.0 Å². The topological polar surface area (TPSA) is 91.9 Å². The fourth-order valence-corrected chi connectivity index (χ4v) is 3.00. The maximum Gasteiger partial charge on any atom is 0.157 e. The van der Waals surface area contributed by atoms with Crippen LogP contribution in [0.3, 0.4) is 0 Å². The normalized spacial score (nSPS) is 17.4. The summed E-state index contributed by atoms with van der Waals surface area (Å²) in [4.78, 5) is 8.67. The molecular formula is C17H18N4O3. The number of aromatic nitrogens is 3. The number of phenolic OH excluding ortho intramolecular Hbond substituents is 2. The smallest absolute Gasteiger partial charge is 0.157 e. The third-order valence-electron chi connectivity index (χ3n) is 4.19. The molecule has 7 nitrogen and oxygen atoms in total. The average molecular weight is 326 g/mol. The number of imidazole rings is 1. The van der Waals surface area contributed by atoms with Gasteiger partial charge in [0.15, 0.2) is 5.65 Å². The van der Waals surface area contributed by atoms with Crippen molar-refractivity contribution in [3.05, 3.63) is 36.8 Å². The van der Waals surface area contributed by atoms with Gasteiger partial charge in [-0.25, -0.2) is 4.98 Å². The summed E-state index contributed by atoms with van der Waals surface area (Å²) in [5.41, 5.74) is 1.83. The Bertz CT molecular complexity index is 871. The molecule has 2 aromatic heterocycles. The van der Waals surface area contributed by atoms with E-state index in [1.54, 1.807) is 18.5 Å². The first kappa shape index (κ1) is 14.8. The highest BCUT2D eigenvalue weighted by atomic mass is 16.5. The molecule has 4 rings (SSSR count). The molecule has 1 atom stereocenters. The third-order valence-corrected chi connectivity index (χ3v) is 4.19. The van der Waals surface area contributed by atoms with Crippen LogP contribution in [0.15, 0.2) is 36.8 Å². The molecule has 1 aromatic carbocycles. The zero-order chi connectivity index (χ0) is 16.5. The molecule has 3 heterocycles. The van der Waals surface area contributed by atoms with Crippen LogP contribution in [0.2, 0.25) is 0 Å². The second-order valence-electron chi connectivity index (χ2n) is 5.83. The summed E-state index contributed by atoms with van der Waals surface area (Å²) in [7, 11) is 0. The van der Waals surface area contributed by atoms with E-state index in [-0.39, 0.29) is 17.6 Å². The number of phenols is 2. The first-order chi connectivity index (χ1) is 11.7. The second kappa shape index (κ2) is 6.01. The average Bonchev–Trinajstić information content (AvgIpc) is 3.20. The van der Waals surface area contributed by atoms with E-state index in [1.807, 2.05) is 10.6 Å². The van der Waals surface area contributed by atoms with Gasteiger partial charge in [0.1, 0.15) is 23.0 Å². The molecule has 3 N–H and O–H groups in total. The molecule has 1 aliphatic rings. The van der Waals surface area contributed by atoms with Crippen LogP contribution in [0.25, 0.3) is 16.9 Å². The predicted octanol–water partition coefficient (Wildman–Crippen LogP) is 2.40. The summed E-state index contributed by atoms with van der Waals surface area (Å²) < 4.78 is 7.55. The minimum absolute atomic E-state index is 0.00976. The van der Waals surface area contributed by atoms with E-state index in [2.05, 4.69) is 15.3 Å². The van der Waals surface area contributed by atoms with Crippen LogP contribution in [-0.4, -0.2) is 43.8 Å². The number of fused-ring (bicyclic) bond motifs is 1. The molecule has 1 unspecified atom stereocenters. The lowest BCUT2D eigenvalue weighted by molar-refractivity contribution is 0.120. The minimum atomic E-state index is -0.0217. The van der Waals surface area contributed by atoms with Gasteiger partial charge in [0.05, 0.1) is 12.3 Å². The number of ether oxygens (including phenoxy) is 1. The van der Waals surface area contributed by atoms with Crippen LogP contribution in [0, 0.1) is 0 Å². The highest BCUT2D eigenvalue weighted by molar-refractivity contribution is 5.80.